The van der Waals surface area contributed by atoms with E-state index in [-0.39, 0.29) is 34.6 Å². The highest BCUT2D eigenvalue weighted by atomic mass is 16.8. The lowest BCUT2D eigenvalue weighted by Gasteiger charge is -2.48. The van der Waals surface area contributed by atoms with E-state index in [1.54, 1.807) is 78.9 Å². The molecule has 0 saturated carbocycles. The van der Waals surface area contributed by atoms with Crippen LogP contribution in [0.2, 0.25) is 0 Å². The zero-order valence-electron chi connectivity index (χ0n) is 37.6. The number of carbonyl (C=O) groups excluding carboxylic acids is 7. The Morgan fingerprint density at radius 3 is 1.75 bits per heavy atom. The number of hydrogen-bond donors (Lipinski definition) is 2. The van der Waals surface area contributed by atoms with Crippen molar-refractivity contribution in [2.24, 2.45) is 0 Å². The third-order valence-corrected chi connectivity index (χ3v) is 11.1. The number of aliphatic hydroxyl groups is 1. The van der Waals surface area contributed by atoms with Crippen LogP contribution in [0.15, 0.2) is 133 Å². The number of Topliss-reactive ketones (excluding diaryl/α,β-unsaturated/α-hetero) is 1. The van der Waals surface area contributed by atoms with Crippen molar-refractivity contribution in [1.29, 1.82) is 0 Å². The van der Waals surface area contributed by atoms with Gasteiger partial charge >= 0.3 is 29.8 Å². The SMILES string of the molecule is COC(=O)[C@H]1O[C@@H](O[C@H]2[C@@H](O)[C@@H](COC(=O)c3ccccc3)O[C@@H](Oc3cccc4ccccc34)[C@@H]2NC(C)=O)[C@H](OC(=O)c2ccccc2)[C@@H](OC(=O)c2ccccc2)[C@@H]1OC(=O)CCC(C)=O. The first kappa shape index (κ1) is 49.4. The molecule has 2 fully saturated rings. The number of methoxy groups -OCH3 is 1. The van der Waals surface area contributed by atoms with Crippen LogP contribution < -0.4 is 10.1 Å². The number of esters is 5. The fourth-order valence-electron chi connectivity index (χ4n) is 7.73. The van der Waals surface area contributed by atoms with Crippen molar-refractivity contribution in [2.45, 2.75) is 88.0 Å². The first-order valence-electron chi connectivity index (χ1n) is 21.9. The van der Waals surface area contributed by atoms with E-state index in [1.165, 1.54) is 50.2 Å². The Balaban J connectivity index is 1.33. The summed E-state index contributed by atoms with van der Waals surface area (Å²) in [6, 6.07) is 34.2. The van der Waals surface area contributed by atoms with E-state index in [1.807, 2.05) is 18.2 Å². The van der Waals surface area contributed by atoms with Crippen molar-refractivity contribution in [3.63, 3.8) is 0 Å². The molecule has 0 aliphatic carbocycles. The molecule has 1 amide bonds. The molecule has 2 aliphatic rings. The summed E-state index contributed by atoms with van der Waals surface area (Å²) in [7, 11) is 1.01. The number of rotatable bonds is 17. The van der Waals surface area contributed by atoms with Gasteiger partial charge in [-0.1, -0.05) is 91.0 Å². The molecule has 0 bridgehead atoms. The standard InChI is InChI=1S/C51H49NO17/c1-29(53)26-27-38(55)65-42-43(66-47(58)33-19-9-5-10-20-33)45(67-48(59)34-21-11-6-12-22-34)51(69-44(42)49(60)61-3)68-41-39(52-30(2)54)50(63-36-25-15-23-31-16-13-14-24-35(31)36)64-37(40(41)56)28-62-46(57)32-17-7-4-8-18-32/h4-25,37,39-45,50-51,56H,26-28H2,1-3H3,(H,52,54)/t37-,39-,40+,41-,42+,43+,44+,45-,50-,51-/m1/s1. The first-order chi connectivity index (χ1) is 33.3. The van der Waals surface area contributed by atoms with Gasteiger partial charge in [-0.3, -0.25) is 9.59 Å². The summed E-state index contributed by atoms with van der Waals surface area (Å²) in [4.78, 5) is 93.5. The number of aliphatic hydroxyl groups excluding tert-OH is 1. The van der Waals surface area contributed by atoms with Gasteiger partial charge in [-0.2, -0.15) is 0 Å². The normalized spacial score (nSPS) is 24.2. The summed E-state index contributed by atoms with van der Waals surface area (Å²) in [5, 5.41) is 16.4. The third-order valence-electron chi connectivity index (χ3n) is 11.1. The molecule has 5 aromatic carbocycles. The Kier molecular flexibility index (Phi) is 16.5. The lowest BCUT2D eigenvalue weighted by Crippen LogP contribution is -2.69. The number of ether oxygens (including phenoxy) is 9. The van der Waals surface area contributed by atoms with Crippen molar-refractivity contribution in [3.8, 4) is 5.75 Å². The summed E-state index contributed by atoms with van der Waals surface area (Å²) in [6.07, 6.45) is -17.2. The van der Waals surface area contributed by atoms with Crippen molar-refractivity contribution >= 4 is 52.3 Å². The molecule has 2 N–H and O–H groups in total. The number of nitrogens with one attached hydrogen (secondary N) is 1. The van der Waals surface area contributed by atoms with Crippen molar-refractivity contribution in [1.82, 2.24) is 5.32 Å². The van der Waals surface area contributed by atoms with E-state index in [9.17, 15) is 38.7 Å². The molecule has 0 aromatic heterocycles. The minimum absolute atomic E-state index is 0.000511. The van der Waals surface area contributed by atoms with Gasteiger partial charge in [0.05, 0.1) is 30.2 Å². The first-order valence-corrected chi connectivity index (χ1v) is 21.9. The van der Waals surface area contributed by atoms with Gasteiger partial charge < -0.3 is 57.8 Å². The van der Waals surface area contributed by atoms with Crippen LogP contribution in [0.1, 0.15) is 57.8 Å². The van der Waals surface area contributed by atoms with E-state index in [0.717, 1.165) is 12.5 Å². The van der Waals surface area contributed by atoms with E-state index < -0.39 is 110 Å². The second-order valence-electron chi connectivity index (χ2n) is 16.0. The second-order valence-corrected chi connectivity index (χ2v) is 16.0. The van der Waals surface area contributed by atoms with Crippen LogP contribution in [0.4, 0.5) is 0 Å². The maximum absolute atomic E-state index is 14.1. The molecule has 18 nitrogen and oxygen atoms in total. The summed E-state index contributed by atoms with van der Waals surface area (Å²) in [5.74, 6) is -5.74. The fourth-order valence-corrected chi connectivity index (χ4v) is 7.73. The molecule has 18 heteroatoms. The molecule has 2 saturated heterocycles. The predicted molar refractivity (Wildman–Crippen MR) is 240 cm³/mol. The minimum atomic E-state index is -2.05. The van der Waals surface area contributed by atoms with E-state index in [2.05, 4.69) is 5.32 Å². The molecule has 69 heavy (non-hydrogen) atoms. The third kappa shape index (κ3) is 12.3. The van der Waals surface area contributed by atoms with Gasteiger partial charge in [0.2, 0.25) is 12.2 Å². The second kappa shape index (κ2) is 23.0. The Morgan fingerprint density at radius 1 is 0.594 bits per heavy atom. The smallest absolute Gasteiger partial charge is 0.339 e. The Morgan fingerprint density at radius 2 is 1.16 bits per heavy atom. The molecule has 0 radical (unpaired) electrons. The van der Waals surface area contributed by atoms with Crippen LogP contribution in [0.25, 0.3) is 10.8 Å². The number of fused-ring (bicyclic) bond motifs is 1. The molecule has 0 unspecified atom stereocenters. The molecular formula is C51H49NO17. The maximum atomic E-state index is 14.1. The van der Waals surface area contributed by atoms with Crippen LogP contribution in [0, 0.1) is 0 Å². The summed E-state index contributed by atoms with van der Waals surface area (Å²) >= 11 is 0. The number of hydrogen-bond acceptors (Lipinski definition) is 17. The average molecular weight is 948 g/mol. The Labute approximate surface area is 395 Å². The van der Waals surface area contributed by atoms with Crippen molar-refractivity contribution < 1.29 is 81.3 Å². The van der Waals surface area contributed by atoms with Gasteiger partial charge in [-0.25, -0.2) is 19.2 Å². The number of amides is 1. The van der Waals surface area contributed by atoms with Crippen LogP contribution in [0.3, 0.4) is 0 Å². The largest absolute Gasteiger partial charge is 0.467 e. The van der Waals surface area contributed by atoms with Gasteiger partial charge in [0.15, 0.2) is 30.7 Å². The highest BCUT2D eigenvalue weighted by molar-refractivity contribution is 5.91. The van der Waals surface area contributed by atoms with Gasteiger partial charge in [-0.15, -0.1) is 0 Å². The number of benzene rings is 5. The predicted octanol–water partition coefficient (Wildman–Crippen LogP) is 4.68. The van der Waals surface area contributed by atoms with Crippen LogP contribution in [0.5, 0.6) is 5.75 Å². The average Bonchev–Trinajstić information content (AvgIpc) is 3.36. The maximum Gasteiger partial charge on any atom is 0.339 e. The van der Waals surface area contributed by atoms with Crippen LogP contribution in [-0.2, 0) is 57.1 Å². The lowest BCUT2D eigenvalue weighted by atomic mass is 9.94. The zero-order chi connectivity index (χ0) is 49.0. The van der Waals surface area contributed by atoms with Crippen molar-refractivity contribution in [2.75, 3.05) is 13.7 Å². The fraction of sp³-hybridized carbons (Fsp3) is 0.314. The van der Waals surface area contributed by atoms with Gasteiger partial charge in [-0.05, 0) is 54.8 Å². The monoisotopic (exact) mass is 947 g/mol. The Bertz CT molecular complexity index is 2610. The molecule has 5 aromatic rings. The molecule has 10 atom stereocenters. The molecule has 2 aliphatic heterocycles. The summed E-state index contributed by atoms with van der Waals surface area (Å²) in [6.45, 7) is 1.84. The topological polar surface area (TPSA) is 235 Å². The highest BCUT2D eigenvalue weighted by Crippen LogP contribution is 2.36. The van der Waals surface area contributed by atoms with Crippen molar-refractivity contribution in [3.05, 3.63) is 150 Å². The van der Waals surface area contributed by atoms with Gasteiger partial charge in [0, 0.05) is 18.7 Å². The van der Waals surface area contributed by atoms with E-state index >= 15 is 0 Å². The summed E-state index contributed by atoms with van der Waals surface area (Å²) in [5.41, 5.74) is 0.189. The van der Waals surface area contributed by atoms with Crippen LogP contribution in [-0.4, -0.2) is 122 Å². The number of carbonyl (C=O) groups is 7. The van der Waals surface area contributed by atoms with Gasteiger partial charge in [0.1, 0.15) is 42.5 Å². The molecule has 7 rings (SSSR count). The highest BCUT2D eigenvalue weighted by Gasteiger charge is 2.58. The lowest BCUT2D eigenvalue weighted by molar-refractivity contribution is -0.334. The zero-order valence-corrected chi connectivity index (χ0v) is 37.6. The van der Waals surface area contributed by atoms with E-state index in [4.69, 9.17) is 42.6 Å². The Hall–Kier alpha value is -7.51. The van der Waals surface area contributed by atoms with Crippen LogP contribution >= 0.6 is 0 Å². The molecule has 0 spiro atoms. The molecule has 2 heterocycles. The molecular weight excluding hydrogens is 899 g/mol. The minimum Gasteiger partial charge on any atom is -0.467 e. The molecule has 360 valence electrons. The quantitative estimate of drug-likeness (QED) is 0.0951. The summed E-state index contributed by atoms with van der Waals surface area (Å²) < 4.78 is 54.3. The number of ketones is 1. The van der Waals surface area contributed by atoms with Gasteiger partial charge in [0.25, 0.3) is 0 Å². The van der Waals surface area contributed by atoms with E-state index in [0.29, 0.717) is 5.39 Å².